The molecule has 0 amide bonds. The highest BCUT2D eigenvalue weighted by Crippen LogP contribution is 2.79. The van der Waals surface area contributed by atoms with Gasteiger partial charge in [-0.2, -0.15) is 0 Å². The molecule has 0 aromatic rings. The third-order valence-electron chi connectivity index (χ3n) is 10.1. The minimum absolute atomic E-state index is 0.118. The number of fused-ring (bicyclic) bond motifs is 9. The Morgan fingerprint density at radius 2 is 2.04 bits per heavy atom. The maximum Gasteiger partial charge on any atom is 0.331 e. The van der Waals surface area contributed by atoms with E-state index in [1.165, 1.54) is 31.3 Å². The molecular formula is C25H32O3. The molecule has 3 heteroatoms. The van der Waals surface area contributed by atoms with Crippen molar-refractivity contribution in [3.63, 3.8) is 0 Å². The summed E-state index contributed by atoms with van der Waals surface area (Å²) in [6.07, 6.45) is 14.9. The van der Waals surface area contributed by atoms with E-state index in [1.807, 2.05) is 6.08 Å². The number of ketones is 1. The van der Waals surface area contributed by atoms with Crippen LogP contribution in [0.25, 0.3) is 0 Å². The molecule has 4 fully saturated rings. The predicted octanol–water partition coefficient (Wildman–Crippen LogP) is 4.86. The Morgan fingerprint density at radius 3 is 2.75 bits per heavy atom. The summed E-state index contributed by atoms with van der Waals surface area (Å²) < 4.78 is 6.19. The number of carbonyl (C=O) groups is 2. The molecule has 3 nitrogen and oxygen atoms in total. The van der Waals surface area contributed by atoms with E-state index in [0.717, 1.165) is 43.4 Å². The second-order valence-electron chi connectivity index (χ2n) is 10.6. The van der Waals surface area contributed by atoms with Gasteiger partial charge in [0.25, 0.3) is 0 Å². The number of allylic oxidation sites excluding steroid dienone is 1. The molecule has 0 saturated heterocycles. The minimum Gasteiger partial charge on any atom is -0.451 e. The fourth-order valence-electron chi connectivity index (χ4n) is 9.16. The van der Waals surface area contributed by atoms with Crippen molar-refractivity contribution < 1.29 is 14.3 Å². The molecule has 5 aliphatic carbocycles. The van der Waals surface area contributed by atoms with Crippen LogP contribution in [0, 0.1) is 46.8 Å². The molecule has 1 spiro atoms. The normalized spacial score (nSPS) is 53.2. The van der Waals surface area contributed by atoms with Crippen molar-refractivity contribution in [2.75, 3.05) is 0 Å². The van der Waals surface area contributed by atoms with E-state index in [-0.39, 0.29) is 17.0 Å². The zero-order valence-electron chi connectivity index (χ0n) is 17.2. The Bertz CT molecular complexity index is 809. The minimum atomic E-state index is -0.309. The van der Waals surface area contributed by atoms with Crippen LogP contribution in [0.15, 0.2) is 23.8 Å². The first kappa shape index (κ1) is 17.5. The number of hydrogen-bond donors (Lipinski definition) is 0. The summed E-state index contributed by atoms with van der Waals surface area (Å²) in [6.45, 7) is 4.69. The average Bonchev–Trinajstić information content (AvgIpc) is 3.34. The average molecular weight is 381 g/mol. The monoisotopic (exact) mass is 380 g/mol. The molecule has 0 unspecified atom stereocenters. The molecule has 1 heterocycles. The molecule has 0 aromatic heterocycles. The molecule has 0 bridgehead atoms. The largest absolute Gasteiger partial charge is 0.451 e. The van der Waals surface area contributed by atoms with Crippen LogP contribution < -0.4 is 0 Å². The number of carbonyl (C=O) groups excluding carboxylic acids is 2. The van der Waals surface area contributed by atoms with Gasteiger partial charge in [-0.05, 0) is 86.2 Å². The van der Waals surface area contributed by atoms with Crippen LogP contribution in [0.1, 0.15) is 65.2 Å². The molecule has 9 atom stereocenters. The van der Waals surface area contributed by atoms with Gasteiger partial charge in [-0.3, -0.25) is 4.79 Å². The van der Waals surface area contributed by atoms with Gasteiger partial charge in [0.15, 0.2) is 5.78 Å². The van der Waals surface area contributed by atoms with Crippen molar-refractivity contribution in [2.24, 2.45) is 46.8 Å². The summed E-state index contributed by atoms with van der Waals surface area (Å²) in [6, 6.07) is 0. The molecule has 4 saturated carbocycles. The summed E-state index contributed by atoms with van der Waals surface area (Å²) in [5, 5.41) is 0. The third kappa shape index (κ3) is 1.92. The van der Waals surface area contributed by atoms with Gasteiger partial charge >= 0.3 is 5.97 Å². The third-order valence-corrected chi connectivity index (χ3v) is 10.1. The van der Waals surface area contributed by atoms with Crippen LogP contribution in [0.2, 0.25) is 0 Å². The molecule has 6 aliphatic rings. The fraction of sp³-hybridized carbons (Fsp3) is 0.760. The lowest BCUT2D eigenvalue weighted by molar-refractivity contribution is -0.175. The maximum atomic E-state index is 12.2. The summed E-state index contributed by atoms with van der Waals surface area (Å²) in [7, 11) is 0. The highest BCUT2D eigenvalue weighted by Gasteiger charge is 2.79. The van der Waals surface area contributed by atoms with E-state index in [1.54, 1.807) is 6.08 Å². The highest BCUT2D eigenvalue weighted by atomic mass is 16.6. The van der Waals surface area contributed by atoms with Gasteiger partial charge in [0.1, 0.15) is 5.60 Å². The van der Waals surface area contributed by atoms with E-state index >= 15 is 0 Å². The van der Waals surface area contributed by atoms with E-state index in [4.69, 9.17) is 4.74 Å². The Balaban J connectivity index is 1.44. The van der Waals surface area contributed by atoms with Crippen molar-refractivity contribution in [2.45, 2.75) is 70.8 Å². The van der Waals surface area contributed by atoms with Crippen LogP contribution >= 0.6 is 0 Å². The first-order valence-corrected chi connectivity index (χ1v) is 11.7. The molecule has 28 heavy (non-hydrogen) atoms. The van der Waals surface area contributed by atoms with Gasteiger partial charge in [-0.15, -0.1) is 0 Å². The van der Waals surface area contributed by atoms with Crippen molar-refractivity contribution in [3.8, 4) is 0 Å². The molecule has 0 N–H and O–H groups in total. The zero-order chi connectivity index (χ0) is 19.3. The van der Waals surface area contributed by atoms with E-state index in [0.29, 0.717) is 29.5 Å². The quantitative estimate of drug-likeness (QED) is 0.643. The van der Waals surface area contributed by atoms with E-state index in [9.17, 15) is 9.59 Å². The van der Waals surface area contributed by atoms with Gasteiger partial charge in [0.2, 0.25) is 0 Å². The molecule has 0 radical (unpaired) electrons. The van der Waals surface area contributed by atoms with Crippen molar-refractivity contribution >= 4 is 11.8 Å². The Kier molecular flexibility index (Phi) is 3.50. The standard InChI is InChI=1S/C25H32O3/c1-3-14-11-15-12-16(26)5-6-17(15)18-7-9-24(4-2)23(22(14)18)19-13-20(19)25(24)10-8-21(27)28-25/h8,10,12,14,17-20,22-23H,3-7,9,11,13H2,1-2H3/t14-,17+,18-,19-,20+,22-,23+,24+,25+/m1/s1. The predicted molar refractivity (Wildman–Crippen MR) is 106 cm³/mol. The Morgan fingerprint density at radius 1 is 1.18 bits per heavy atom. The maximum absolute atomic E-state index is 12.2. The molecule has 150 valence electrons. The summed E-state index contributed by atoms with van der Waals surface area (Å²) in [5.41, 5.74) is 1.31. The van der Waals surface area contributed by atoms with Gasteiger partial charge in [-0.1, -0.05) is 25.8 Å². The van der Waals surface area contributed by atoms with Crippen molar-refractivity contribution in [1.82, 2.24) is 0 Å². The van der Waals surface area contributed by atoms with Crippen LogP contribution in [0.5, 0.6) is 0 Å². The number of rotatable bonds is 2. The van der Waals surface area contributed by atoms with Crippen LogP contribution in [0.3, 0.4) is 0 Å². The van der Waals surface area contributed by atoms with Crippen molar-refractivity contribution in [1.29, 1.82) is 0 Å². The molecule has 6 rings (SSSR count). The molecule has 1 aliphatic heterocycles. The lowest BCUT2D eigenvalue weighted by Crippen LogP contribution is -2.57. The number of ether oxygens (including phenoxy) is 1. The zero-order valence-corrected chi connectivity index (χ0v) is 17.2. The van der Waals surface area contributed by atoms with Crippen LogP contribution in [-0.4, -0.2) is 17.4 Å². The molecular weight excluding hydrogens is 348 g/mol. The van der Waals surface area contributed by atoms with E-state index in [2.05, 4.69) is 19.9 Å². The van der Waals surface area contributed by atoms with Gasteiger partial charge < -0.3 is 4.74 Å². The first-order valence-electron chi connectivity index (χ1n) is 11.7. The smallest absolute Gasteiger partial charge is 0.331 e. The highest BCUT2D eigenvalue weighted by molar-refractivity contribution is 5.91. The fourth-order valence-corrected chi connectivity index (χ4v) is 9.16. The lowest BCUT2D eigenvalue weighted by atomic mass is 9.45. The lowest BCUT2D eigenvalue weighted by Gasteiger charge is -2.60. The second kappa shape index (κ2) is 5.61. The topological polar surface area (TPSA) is 43.4 Å². The Hall–Kier alpha value is -1.38. The van der Waals surface area contributed by atoms with Crippen molar-refractivity contribution in [3.05, 3.63) is 23.8 Å². The summed E-state index contributed by atoms with van der Waals surface area (Å²) in [4.78, 5) is 24.3. The molecule has 0 aromatic carbocycles. The first-order chi connectivity index (χ1) is 13.5. The van der Waals surface area contributed by atoms with Gasteiger partial charge in [0.05, 0.1) is 0 Å². The summed E-state index contributed by atoms with van der Waals surface area (Å²) >= 11 is 0. The van der Waals surface area contributed by atoms with Gasteiger partial charge in [-0.25, -0.2) is 4.79 Å². The number of hydrogen-bond acceptors (Lipinski definition) is 3. The van der Waals surface area contributed by atoms with Crippen LogP contribution in [0.4, 0.5) is 0 Å². The second-order valence-corrected chi connectivity index (χ2v) is 10.6. The summed E-state index contributed by atoms with van der Waals surface area (Å²) in [5.74, 6) is 5.03. The number of esters is 1. The SMILES string of the molecule is CC[C@@H]1CC2=CC(=O)CC[C@@H]2[C@H]2CC[C@@]3(CC)[C@@H]([C@@H]4C[C@@H]4[C@@]34C=CC(=O)O4)[C@H]12. The van der Waals surface area contributed by atoms with E-state index < -0.39 is 0 Å². The van der Waals surface area contributed by atoms with Crippen LogP contribution in [-0.2, 0) is 14.3 Å². The Labute approximate surface area is 168 Å². The van der Waals surface area contributed by atoms with Gasteiger partial charge in [0, 0.05) is 23.8 Å².